The summed E-state index contributed by atoms with van der Waals surface area (Å²) in [6.07, 6.45) is 0.865. The fourth-order valence-corrected chi connectivity index (χ4v) is 3.03. The molecule has 1 N–H and O–H groups in total. The summed E-state index contributed by atoms with van der Waals surface area (Å²) in [7, 11) is 1.92. The number of rotatable bonds is 2. The van der Waals surface area contributed by atoms with Gasteiger partial charge in [0.15, 0.2) is 0 Å². The van der Waals surface area contributed by atoms with Gasteiger partial charge < -0.3 is 10.2 Å². The van der Waals surface area contributed by atoms with Crippen LogP contribution in [0, 0.1) is 5.41 Å². The average molecular weight is 274 g/mol. The first kappa shape index (κ1) is 14.9. The van der Waals surface area contributed by atoms with Crippen molar-refractivity contribution >= 4 is 11.6 Å². The van der Waals surface area contributed by atoms with E-state index in [2.05, 4.69) is 45.1 Å². The lowest BCUT2D eigenvalue weighted by atomic mass is 9.86. The number of nitrogens with zero attached hydrogens (tertiary/aromatic N) is 1. The highest BCUT2D eigenvalue weighted by Gasteiger charge is 2.32. The third kappa shape index (κ3) is 3.33. The van der Waals surface area contributed by atoms with Gasteiger partial charge in [0.1, 0.15) is 0 Å². The van der Waals surface area contributed by atoms with Gasteiger partial charge in [-0.05, 0) is 30.4 Å². The molecule has 0 saturated heterocycles. The number of fused-ring (bicyclic) bond motifs is 1. The van der Waals surface area contributed by atoms with Gasteiger partial charge in [-0.25, -0.2) is 0 Å². The van der Waals surface area contributed by atoms with Crippen LogP contribution < -0.4 is 5.32 Å². The largest absolute Gasteiger partial charge is 0.382 e. The predicted octanol–water partition coefficient (Wildman–Crippen LogP) is 3.48. The number of carbonyl (C=O) groups is 1. The number of anilines is 1. The number of para-hydroxylation sites is 1. The van der Waals surface area contributed by atoms with E-state index in [1.807, 2.05) is 24.1 Å². The topological polar surface area (TPSA) is 32.3 Å². The molecule has 0 fully saturated rings. The van der Waals surface area contributed by atoms with E-state index in [0.717, 1.165) is 24.2 Å². The Morgan fingerprint density at radius 1 is 1.35 bits per heavy atom. The zero-order valence-electron chi connectivity index (χ0n) is 13.2. The van der Waals surface area contributed by atoms with Crippen molar-refractivity contribution in [3.05, 3.63) is 29.8 Å². The molecule has 3 heteroatoms. The van der Waals surface area contributed by atoms with Gasteiger partial charge in [-0.15, -0.1) is 0 Å². The Hall–Kier alpha value is -1.51. The maximum absolute atomic E-state index is 12.8. The van der Waals surface area contributed by atoms with Crippen LogP contribution in [0.25, 0.3) is 0 Å². The molecular formula is C17H26N2O. The molecule has 1 aliphatic rings. The van der Waals surface area contributed by atoms with E-state index >= 15 is 0 Å². The molecule has 0 radical (unpaired) electrons. The SMILES string of the molecule is CC1CC(C(=O)N(C)CC(C)(C)C)c2ccccc2N1. The van der Waals surface area contributed by atoms with E-state index in [0.29, 0.717) is 6.04 Å². The third-order valence-electron chi connectivity index (χ3n) is 3.71. The predicted molar refractivity (Wildman–Crippen MR) is 84.0 cm³/mol. The number of hydrogen-bond acceptors (Lipinski definition) is 2. The second-order valence-electron chi connectivity index (χ2n) is 7.18. The lowest BCUT2D eigenvalue weighted by Crippen LogP contribution is -2.40. The molecule has 0 aliphatic carbocycles. The number of likely N-dealkylation sites (N-methyl/N-ethyl adjacent to an activating group) is 1. The quantitative estimate of drug-likeness (QED) is 0.895. The minimum absolute atomic E-state index is 0.0187. The Morgan fingerprint density at radius 3 is 2.65 bits per heavy atom. The van der Waals surface area contributed by atoms with Crippen molar-refractivity contribution in [1.82, 2.24) is 4.90 Å². The molecule has 3 nitrogen and oxygen atoms in total. The van der Waals surface area contributed by atoms with E-state index in [1.165, 1.54) is 0 Å². The number of amides is 1. The fraction of sp³-hybridized carbons (Fsp3) is 0.588. The van der Waals surface area contributed by atoms with E-state index in [-0.39, 0.29) is 17.2 Å². The maximum atomic E-state index is 12.8. The van der Waals surface area contributed by atoms with E-state index < -0.39 is 0 Å². The van der Waals surface area contributed by atoms with Gasteiger partial charge in [0.25, 0.3) is 0 Å². The first-order valence-corrected chi connectivity index (χ1v) is 7.38. The van der Waals surface area contributed by atoms with Crippen molar-refractivity contribution in [3.63, 3.8) is 0 Å². The molecule has 0 spiro atoms. The van der Waals surface area contributed by atoms with Crippen LogP contribution in [0.1, 0.15) is 45.6 Å². The minimum atomic E-state index is -0.0187. The second kappa shape index (κ2) is 5.47. The summed E-state index contributed by atoms with van der Waals surface area (Å²) in [6.45, 7) is 9.41. The summed E-state index contributed by atoms with van der Waals surface area (Å²) in [5.41, 5.74) is 2.37. The molecule has 2 atom stereocenters. The van der Waals surface area contributed by atoms with Crippen molar-refractivity contribution in [2.45, 2.75) is 46.1 Å². The van der Waals surface area contributed by atoms with Gasteiger partial charge in [0.05, 0.1) is 5.92 Å². The number of benzene rings is 1. The minimum Gasteiger partial charge on any atom is -0.382 e. The van der Waals surface area contributed by atoms with Crippen molar-refractivity contribution in [2.24, 2.45) is 5.41 Å². The van der Waals surface area contributed by atoms with Gasteiger partial charge >= 0.3 is 0 Å². The van der Waals surface area contributed by atoms with Crippen LogP contribution in [-0.2, 0) is 4.79 Å². The van der Waals surface area contributed by atoms with Crippen LogP contribution in [0.5, 0.6) is 0 Å². The lowest BCUT2D eigenvalue weighted by molar-refractivity contribution is -0.133. The Labute approximate surface area is 122 Å². The molecule has 2 rings (SSSR count). The Morgan fingerprint density at radius 2 is 2.00 bits per heavy atom. The highest BCUT2D eigenvalue weighted by molar-refractivity contribution is 5.86. The van der Waals surface area contributed by atoms with Gasteiger partial charge in [-0.2, -0.15) is 0 Å². The first-order valence-electron chi connectivity index (χ1n) is 7.38. The Kier molecular flexibility index (Phi) is 4.07. The average Bonchev–Trinajstić information content (AvgIpc) is 2.34. The summed E-state index contributed by atoms with van der Waals surface area (Å²) < 4.78 is 0. The Balaban J connectivity index is 2.22. The maximum Gasteiger partial charge on any atom is 0.230 e. The molecular weight excluding hydrogens is 248 g/mol. The van der Waals surface area contributed by atoms with Crippen molar-refractivity contribution in [3.8, 4) is 0 Å². The molecule has 0 bridgehead atoms. The van der Waals surface area contributed by atoms with Crippen LogP contribution in [-0.4, -0.2) is 30.4 Å². The lowest BCUT2D eigenvalue weighted by Gasteiger charge is -2.35. The molecule has 20 heavy (non-hydrogen) atoms. The molecule has 1 aromatic carbocycles. The molecule has 110 valence electrons. The highest BCUT2D eigenvalue weighted by Crippen LogP contribution is 2.35. The molecule has 1 heterocycles. The number of nitrogens with one attached hydrogen (secondary N) is 1. The molecule has 0 aromatic heterocycles. The Bertz CT molecular complexity index is 490. The van der Waals surface area contributed by atoms with Crippen LogP contribution in [0.15, 0.2) is 24.3 Å². The van der Waals surface area contributed by atoms with E-state index in [9.17, 15) is 4.79 Å². The molecule has 1 aromatic rings. The summed E-state index contributed by atoms with van der Waals surface area (Å²) >= 11 is 0. The molecule has 0 saturated carbocycles. The van der Waals surface area contributed by atoms with Gasteiger partial charge in [-0.1, -0.05) is 39.0 Å². The smallest absolute Gasteiger partial charge is 0.230 e. The van der Waals surface area contributed by atoms with Gasteiger partial charge in [0, 0.05) is 25.3 Å². The van der Waals surface area contributed by atoms with Crippen LogP contribution >= 0.6 is 0 Å². The van der Waals surface area contributed by atoms with Crippen molar-refractivity contribution in [1.29, 1.82) is 0 Å². The first-order chi connectivity index (χ1) is 9.28. The standard InChI is InChI=1S/C17H26N2O/c1-12-10-14(13-8-6-7-9-15(13)18-12)16(20)19(5)11-17(2,3)4/h6-9,12,14,18H,10-11H2,1-5H3. The summed E-state index contributed by atoms with van der Waals surface area (Å²) in [4.78, 5) is 14.7. The molecule has 2 unspecified atom stereocenters. The number of hydrogen-bond donors (Lipinski definition) is 1. The zero-order chi connectivity index (χ0) is 14.9. The summed E-state index contributed by atoms with van der Waals surface area (Å²) in [5, 5.41) is 3.46. The third-order valence-corrected chi connectivity index (χ3v) is 3.71. The van der Waals surface area contributed by atoms with E-state index in [4.69, 9.17) is 0 Å². The monoisotopic (exact) mass is 274 g/mol. The zero-order valence-corrected chi connectivity index (χ0v) is 13.2. The normalized spacial score (nSPS) is 21.9. The van der Waals surface area contributed by atoms with Crippen molar-refractivity contribution in [2.75, 3.05) is 18.9 Å². The number of carbonyl (C=O) groups excluding carboxylic acids is 1. The van der Waals surface area contributed by atoms with Gasteiger partial charge in [-0.3, -0.25) is 4.79 Å². The summed E-state index contributed by atoms with van der Waals surface area (Å²) in [6, 6.07) is 8.50. The van der Waals surface area contributed by atoms with Crippen LogP contribution in [0.3, 0.4) is 0 Å². The molecule has 1 amide bonds. The molecule has 1 aliphatic heterocycles. The van der Waals surface area contributed by atoms with Crippen LogP contribution in [0.2, 0.25) is 0 Å². The van der Waals surface area contributed by atoms with E-state index in [1.54, 1.807) is 0 Å². The van der Waals surface area contributed by atoms with Crippen LogP contribution in [0.4, 0.5) is 5.69 Å². The highest BCUT2D eigenvalue weighted by atomic mass is 16.2. The summed E-state index contributed by atoms with van der Waals surface area (Å²) in [5.74, 6) is 0.218. The van der Waals surface area contributed by atoms with Crippen molar-refractivity contribution < 1.29 is 4.79 Å². The second-order valence-corrected chi connectivity index (χ2v) is 7.18. The fourth-order valence-electron chi connectivity index (χ4n) is 3.03. The van der Waals surface area contributed by atoms with Gasteiger partial charge in [0.2, 0.25) is 5.91 Å².